The van der Waals surface area contributed by atoms with Gasteiger partial charge in [-0.1, -0.05) is 13.3 Å². The summed E-state index contributed by atoms with van der Waals surface area (Å²) in [5.74, 6) is 1.47. The molecule has 130 valence electrons. The van der Waals surface area contributed by atoms with Crippen molar-refractivity contribution in [2.45, 2.75) is 57.9 Å². The second-order valence-electron chi connectivity index (χ2n) is 7.61. The zero-order valence-corrected chi connectivity index (χ0v) is 14.4. The van der Waals surface area contributed by atoms with Gasteiger partial charge in [0.25, 0.3) is 0 Å². The molecule has 23 heavy (non-hydrogen) atoms. The Morgan fingerprint density at radius 1 is 0.826 bits per heavy atom. The predicted molar refractivity (Wildman–Crippen MR) is 89.9 cm³/mol. The standard InChI is InChI=1S/C18H31N3O2/c1-14-5-10-20(11-6-14)17(22)15-7-12-21(13-8-15)18(23)16-4-2-3-9-19-16/h14-16,19H,2-13H2,1H3. The van der Waals surface area contributed by atoms with Gasteiger partial charge in [-0.2, -0.15) is 0 Å². The third-order valence-electron chi connectivity index (χ3n) is 5.86. The molecule has 0 radical (unpaired) electrons. The van der Waals surface area contributed by atoms with Gasteiger partial charge >= 0.3 is 0 Å². The second kappa shape index (κ2) is 7.65. The number of nitrogens with zero attached hydrogens (tertiary/aromatic N) is 2. The molecule has 3 saturated heterocycles. The molecule has 3 aliphatic rings. The summed E-state index contributed by atoms with van der Waals surface area (Å²) in [6.45, 7) is 6.57. The van der Waals surface area contributed by atoms with Gasteiger partial charge in [0, 0.05) is 32.1 Å². The molecule has 0 aliphatic carbocycles. The van der Waals surface area contributed by atoms with E-state index < -0.39 is 0 Å². The van der Waals surface area contributed by atoms with Gasteiger partial charge in [-0.15, -0.1) is 0 Å². The Hall–Kier alpha value is -1.10. The molecule has 0 aromatic rings. The van der Waals surface area contributed by atoms with Crippen LogP contribution in [0.4, 0.5) is 0 Å². The van der Waals surface area contributed by atoms with Crippen molar-refractivity contribution < 1.29 is 9.59 Å². The molecular weight excluding hydrogens is 290 g/mol. The van der Waals surface area contributed by atoms with Crippen LogP contribution in [-0.4, -0.2) is 60.4 Å². The first-order valence-corrected chi connectivity index (χ1v) is 9.46. The molecule has 3 rings (SSSR count). The van der Waals surface area contributed by atoms with E-state index >= 15 is 0 Å². The number of amides is 2. The SMILES string of the molecule is CC1CCN(C(=O)C2CCN(C(=O)C3CCCCN3)CC2)CC1. The van der Waals surface area contributed by atoms with Gasteiger partial charge in [-0.25, -0.2) is 0 Å². The van der Waals surface area contributed by atoms with Crippen molar-refractivity contribution in [3.63, 3.8) is 0 Å². The fourth-order valence-electron chi connectivity index (χ4n) is 4.12. The number of hydrogen-bond donors (Lipinski definition) is 1. The van der Waals surface area contributed by atoms with Crippen LogP contribution in [0.25, 0.3) is 0 Å². The highest BCUT2D eigenvalue weighted by Gasteiger charge is 2.33. The van der Waals surface area contributed by atoms with Gasteiger partial charge in [0.1, 0.15) is 0 Å². The Balaban J connectivity index is 1.46. The Bertz CT molecular complexity index is 418. The van der Waals surface area contributed by atoms with Crippen LogP contribution < -0.4 is 5.32 Å². The van der Waals surface area contributed by atoms with E-state index in [9.17, 15) is 9.59 Å². The molecule has 0 saturated carbocycles. The number of carbonyl (C=O) groups is 2. The third kappa shape index (κ3) is 4.06. The van der Waals surface area contributed by atoms with Crippen LogP contribution in [0.1, 0.15) is 51.9 Å². The van der Waals surface area contributed by atoms with E-state index in [1.165, 1.54) is 6.42 Å². The molecule has 1 unspecified atom stereocenters. The summed E-state index contributed by atoms with van der Waals surface area (Å²) in [6.07, 6.45) is 7.23. The minimum atomic E-state index is 0.0135. The zero-order chi connectivity index (χ0) is 16.2. The third-order valence-corrected chi connectivity index (χ3v) is 5.86. The summed E-state index contributed by atoms with van der Waals surface area (Å²) in [4.78, 5) is 29.2. The first kappa shape index (κ1) is 16.7. The first-order valence-electron chi connectivity index (χ1n) is 9.46. The summed E-state index contributed by atoms with van der Waals surface area (Å²) in [5.41, 5.74) is 0. The Kier molecular flexibility index (Phi) is 5.57. The van der Waals surface area contributed by atoms with E-state index in [2.05, 4.69) is 17.1 Å². The largest absolute Gasteiger partial charge is 0.342 e. The van der Waals surface area contributed by atoms with Crippen molar-refractivity contribution in [2.24, 2.45) is 11.8 Å². The van der Waals surface area contributed by atoms with Crippen molar-refractivity contribution in [1.82, 2.24) is 15.1 Å². The topological polar surface area (TPSA) is 52.7 Å². The van der Waals surface area contributed by atoms with Crippen LogP contribution in [0.5, 0.6) is 0 Å². The molecule has 2 amide bonds. The molecule has 1 N–H and O–H groups in total. The van der Waals surface area contributed by atoms with Crippen molar-refractivity contribution in [3.8, 4) is 0 Å². The van der Waals surface area contributed by atoms with E-state index in [0.29, 0.717) is 5.91 Å². The molecular formula is C18H31N3O2. The highest BCUT2D eigenvalue weighted by molar-refractivity contribution is 5.83. The van der Waals surface area contributed by atoms with E-state index in [4.69, 9.17) is 0 Å². The van der Waals surface area contributed by atoms with Crippen molar-refractivity contribution >= 4 is 11.8 Å². The fraction of sp³-hybridized carbons (Fsp3) is 0.889. The number of rotatable bonds is 2. The van der Waals surface area contributed by atoms with E-state index in [-0.39, 0.29) is 17.9 Å². The fourth-order valence-corrected chi connectivity index (χ4v) is 4.12. The molecule has 0 aromatic carbocycles. The normalized spacial score (nSPS) is 28.0. The first-order chi connectivity index (χ1) is 11.1. The number of hydrogen-bond acceptors (Lipinski definition) is 3. The minimum Gasteiger partial charge on any atom is -0.342 e. The van der Waals surface area contributed by atoms with Gasteiger partial charge < -0.3 is 15.1 Å². The molecule has 5 nitrogen and oxygen atoms in total. The number of piperidine rings is 3. The zero-order valence-electron chi connectivity index (χ0n) is 14.4. The Morgan fingerprint density at radius 3 is 2.04 bits per heavy atom. The smallest absolute Gasteiger partial charge is 0.239 e. The van der Waals surface area contributed by atoms with Crippen LogP contribution in [-0.2, 0) is 9.59 Å². The second-order valence-corrected chi connectivity index (χ2v) is 7.61. The number of carbonyl (C=O) groups excluding carboxylic acids is 2. The average Bonchev–Trinajstić information content (AvgIpc) is 2.62. The highest BCUT2D eigenvalue weighted by Crippen LogP contribution is 2.24. The molecule has 1 atom stereocenters. The minimum absolute atomic E-state index is 0.0135. The van der Waals surface area contributed by atoms with Gasteiger partial charge in [-0.05, 0) is 51.0 Å². The maximum atomic E-state index is 12.6. The highest BCUT2D eigenvalue weighted by atomic mass is 16.2. The maximum Gasteiger partial charge on any atom is 0.239 e. The van der Waals surface area contributed by atoms with Crippen LogP contribution in [0, 0.1) is 11.8 Å². The van der Waals surface area contributed by atoms with E-state index in [1.54, 1.807) is 0 Å². The predicted octanol–water partition coefficient (Wildman–Crippen LogP) is 1.63. The molecule has 0 spiro atoms. The summed E-state index contributed by atoms with van der Waals surface area (Å²) in [7, 11) is 0. The van der Waals surface area contributed by atoms with Crippen molar-refractivity contribution in [1.29, 1.82) is 0 Å². The van der Waals surface area contributed by atoms with Crippen LogP contribution in [0.3, 0.4) is 0 Å². The molecule has 0 bridgehead atoms. The van der Waals surface area contributed by atoms with Gasteiger partial charge in [0.15, 0.2) is 0 Å². The van der Waals surface area contributed by atoms with E-state index in [0.717, 1.165) is 77.2 Å². The Labute approximate surface area is 139 Å². The van der Waals surface area contributed by atoms with Crippen LogP contribution in [0.2, 0.25) is 0 Å². The lowest BCUT2D eigenvalue weighted by atomic mass is 9.92. The summed E-state index contributed by atoms with van der Waals surface area (Å²) < 4.78 is 0. The summed E-state index contributed by atoms with van der Waals surface area (Å²) in [5, 5.41) is 3.34. The maximum absolute atomic E-state index is 12.6. The quantitative estimate of drug-likeness (QED) is 0.841. The molecule has 0 aromatic heterocycles. The molecule has 3 aliphatic heterocycles. The monoisotopic (exact) mass is 321 g/mol. The average molecular weight is 321 g/mol. The van der Waals surface area contributed by atoms with Gasteiger partial charge in [0.2, 0.25) is 11.8 Å². The number of nitrogens with one attached hydrogen (secondary N) is 1. The Morgan fingerprint density at radius 2 is 1.43 bits per heavy atom. The molecule has 5 heteroatoms. The lowest BCUT2D eigenvalue weighted by Crippen LogP contribution is -2.52. The lowest BCUT2D eigenvalue weighted by Gasteiger charge is -2.38. The molecule has 3 heterocycles. The van der Waals surface area contributed by atoms with Crippen LogP contribution >= 0.6 is 0 Å². The summed E-state index contributed by atoms with van der Waals surface area (Å²) >= 11 is 0. The van der Waals surface area contributed by atoms with E-state index in [1.807, 2.05) is 4.90 Å². The van der Waals surface area contributed by atoms with Crippen LogP contribution in [0.15, 0.2) is 0 Å². The van der Waals surface area contributed by atoms with Crippen molar-refractivity contribution in [3.05, 3.63) is 0 Å². The van der Waals surface area contributed by atoms with Gasteiger partial charge in [0.05, 0.1) is 6.04 Å². The lowest BCUT2D eigenvalue weighted by molar-refractivity contribution is -0.142. The number of likely N-dealkylation sites (tertiary alicyclic amines) is 2. The van der Waals surface area contributed by atoms with Gasteiger partial charge in [-0.3, -0.25) is 9.59 Å². The van der Waals surface area contributed by atoms with Crippen molar-refractivity contribution in [2.75, 3.05) is 32.7 Å². The summed E-state index contributed by atoms with van der Waals surface area (Å²) in [6, 6.07) is 0.0135. The molecule has 3 fully saturated rings.